The molecule has 0 saturated heterocycles. The number of nitrogens with two attached hydrogens (primary N) is 1. The van der Waals surface area contributed by atoms with E-state index in [-0.39, 0.29) is 17.2 Å². The summed E-state index contributed by atoms with van der Waals surface area (Å²) < 4.78 is 0. The average Bonchev–Trinajstić information content (AvgIpc) is 2.17. The van der Waals surface area contributed by atoms with Crippen LogP contribution in [0.2, 0.25) is 0 Å². The Hall–Kier alpha value is -1.91. The number of nitrogen functional groups attached to an aromatic ring is 1. The zero-order valence-corrected chi connectivity index (χ0v) is 8.61. The Morgan fingerprint density at radius 1 is 1.40 bits per heavy atom. The Balaban J connectivity index is 2.84. The lowest BCUT2D eigenvalue weighted by molar-refractivity contribution is 0.783. The van der Waals surface area contributed by atoms with Crippen LogP contribution in [-0.4, -0.2) is 15.0 Å². The topological polar surface area (TPSA) is 84.7 Å². The van der Waals surface area contributed by atoms with Crippen molar-refractivity contribution in [1.82, 2.24) is 15.0 Å². The summed E-state index contributed by atoms with van der Waals surface area (Å²) in [5.41, 5.74) is 6.07. The largest absolute Gasteiger partial charge is 0.383 e. The summed E-state index contributed by atoms with van der Waals surface area (Å²) in [7, 11) is 0. The molecule has 3 N–H and O–H groups in total. The molecule has 0 aliphatic heterocycles. The van der Waals surface area contributed by atoms with E-state index in [2.05, 4.69) is 15.0 Å². The highest BCUT2D eigenvalue weighted by atomic mass is 16.1. The van der Waals surface area contributed by atoms with Crippen molar-refractivity contribution < 1.29 is 0 Å². The van der Waals surface area contributed by atoms with Crippen LogP contribution in [0.3, 0.4) is 0 Å². The number of pyridine rings is 1. The van der Waals surface area contributed by atoms with E-state index in [1.54, 1.807) is 6.20 Å². The van der Waals surface area contributed by atoms with Crippen molar-refractivity contribution in [3.8, 4) is 0 Å². The second kappa shape index (κ2) is 3.34. The van der Waals surface area contributed by atoms with Crippen molar-refractivity contribution >= 4 is 16.9 Å². The highest BCUT2D eigenvalue weighted by Crippen LogP contribution is 2.15. The molecule has 0 atom stereocenters. The fourth-order valence-corrected chi connectivity index (χ4v) is 1.38. The molecule has 0 aliphatic rings. The molecule has 2 rings (SSSR count). The van der Waals surface area contributed by atoms with Gasteiger partial charge in [-0.25, -0.2) is 9.97 Å². The number of rotatable bonds is 1. The van der Waals surface area contributed by atoms with Gasteiger partial charge in [-0.15, -0.1) is 0 Å². The van der Waals surface area contributed by atoms with Gasteiger partial charge in [-0.2, -0.15) is 0 Å². The standard InChI is InChI=1S/C10H12N4O/c1-5(2)9-13-8(11)7-6(15)3-4-12-10(7)14-9/h3-5H,1-2H3,(H3,11,12,13,14,15). The van der Waals surface area contributed by atoms with Gasteiger partial charge >= 0.3 is 0 Å². The summed E-state index contributed by atoms with van der Waals surface area (Å²) in [5, 5.41) is 0.363. The molecule has 5 nitrogen and oxygen atoms in total. The summed E-state index contributed by atoms with van der Waals surface area (Å²) in [6.07, 6.45) is 1.56. The maximum absolute atomic E-state index is 11.5. The summed E-state index contributed by atoms with van der Waals surface area (Å²) >= 11 is 0. The molecule has 2 aromatic rings. The number of aromatic nitrogens is 3. The highest BCUT2D eigenvalue weighted by molar-refractivity contribution is 5.84. The van der Waals surface area contributed by atoms with E-state index in [0.717, 1.165) is 0 Å². The molecule has 0 aliphatic carbocycles. The van der Waals surface area contributed by atoms with Crippen molar-refractivity contribution in [1.29, 1.82) is 0 Å². The van der Waals surface area contributed by atoms with Gasteiger partial charge in [0.05, 0.1) is 0 Å². The van der Waals surface area contributed by atoms with Gasteiger partial charge in [0.1, 0.15) is 22.7 Å². The van der Waals surface area contributed by atoms with E-state index in [1.807, 2.05) is 13.8 Å². The van der Waals surface area contributed by atoms with Crippen molar-refractivity contribution in [2.75, 3.05) is 5.73 Å². The molecule has 0 amide bonds. The van der Waals surface area contributed by atoms with Gasteiger partial charge < -0.3 is 10.7 Å². The molecular weight excluding hydrogens is 192 g/mol. The van der Waals surface area contributed by atoms with E-state index in [4.69, 9.17) is 5.73 Å². The minimum Gasteiger partial charge on any atom is -0.383 e. The second-order valence-corrected chi connectivity index (χ2v) is 3.69. The van der Waals surface area contributed by atoms with E-state index in [1.165, 1.54) is 6.07 Å². The number of aromatic amines is 1. The number of nitrogens with zero attached hydrogens (tertiary/aromatic N) is 2. The smallest absolute Gasteiger partial charge is 0.194 e. The summed E-state index contributed by atoms with van der Waals surface area (Å²) in [5.74, 6) is 1.06. The van der Waals surface area contributed by atoms with Gasteiger partial charge in [0.25, 0.3) is 0 Å². The third-order valence-electron chi connectivity index (χ3n) is 2.17. The number of anilines is 1. The molecule has 0 spiro atoms. The maximum atomic E-state index is 11.5. The molecule has 0 unspecified atom stereocenters. The van der Waals surface area contributed by atoms with Gasteiger partial charge in [0.15, 0.2) is 5.43 Å². The molecule has 0 bridgehead atoms. The Kier molecular flexibility index (Phi) is 2.15. The van der Waals surface area contributed by atoms with Crippen LogP contribution in [0.1, 0.15) is 25.6 Å². The van der Waals surface area contributed by atoms with Crippen LogP contribution in [-0.2, 0) is 0 Å². The third kappa shape index (κ3) is 1.56. The fraction of sp³-hybridized carbons (Fsp3) is 0.300. The highest BCUT2D eigenvalue weighted by Gasteiger charge is 2.10. The predicted octanol–water partition coefficient (Wildman–Crippen LogP) is 1.02. The molecule has 0 radical (unpaired) electrons. The summed E-state index contributed by atoms with van der Waals surface area (Å²) in [6, 6.07) is 1.41. The number of nitrogens with one attached hydrogen (secondary N) is 1. The first kappa shape index (κ1) is 9.64. The van der Waals surface area contributed by atoms with Gasteiger partial charge in [-0.05, 0) is 0 Å². The predicted molar refractivity (Wildman–Crippen MR) is 58.7 cm³/mol. The number of hydrogen-bond donors (Lipinski definition) is 2. The SMILES string of the molecule is CC(C)c1nc(N)c2c(=O)cc[nH]c2n1. The number of fused-ring (bicyclic) bond motifs is 1. The maximum Gasteiger partial charge on any atom is 0.194 e. The molecular formula is C10H12N4O. The van der Waals surface area contributed by atoms with Crippen molar-refractivity contribution in [2.45, 2.75) is 19.8 Å². The zero-order valence-electron chi connectivity index (χ0n) is 8.61. The fourth-order valence-electron chi connectivity index (χ4n) is 1.38. The molecule has 0 aromatic carbocycles. The molecule has 78 valence electrons. The number of H-pyrrole nitrogens is 1. The first-order valence-electron chi connectivity index (χ1n) is 4.74. The number of hydrogen-bond acceptors (Lipinski definition) is 4. The van der Waals surface area contributed by atoms with E-state index in [0.29, 0.717) is 16.9 Å². The van der Waals surface area contributed by atoms with Crippen LogP contribution < -0.4 is 11.2 Å². The van der Waals surface area contributed by atoms with Gasteiger partial charge in [-0.1, -0.05) is 13.8 Å². The molecule has 2 heterocycles. The van der Waals surface area contributed by atoms with Gasteiger partial charge in [-0.3, -0.25) is 4.79 Å². The van der Waals surface area contributed by atoms with Crippen LogP contribution in [0.4, 0.5) is 5.82 Å². The lowest BCUT2D eigenvalue weighted by atomic mass is 10.2. The second-order valence-electron chi connectivity index (χ2n) is 3.69. The average molecular weight is 204 g/mol. The van der Waals surface area contributed by atoms with Crippen LogP contribution in [0.15, 0.2) is 17.1 Å². The van der Waals surface area contributed by atoms with Crippen LogP contribution in [0, 0.1) is 0 Å². The molecule has 2 aromatic heterocycles. The lowest BCUT2D eigenvalue weighted by Crippen LogP contribution is -2.10. The van der Waals surface area contributed by atoms with Crippen LogP contribution in [0.25, 0.3) is 11.0 Å². The van der Waals surface area contributed by atoms with Crippen LogP contribution >= 0.6 is 0 Å². The normalized spacial score (nSPS) is 11.1. The molecule has 0 saturated carbocycles. The van der Waals surface area contributed by atoms with E-state index in [9.17, 15) is 4.79 Å². The minimum atomic E-state index is -0.156. The molecule has 0 fully saturated rings. The summed E-state index contributed by atoms with van der Waals surface area (Å²) in [4.78, 5) is 22.8. The van der Waals surface area contributed by atoms with Gasteiger partial charge in [0.2, 0.25) is 0 Å². The van der Waals surface area contributed by atoms with Gasteiger partial charge in [0, 0.05) is 18.2 Å². The minimum absolute atomic E-state index is 0.156. The first-order valence-corrected chi connectivity index (χ1v) is 4.74. The lowest BCUT2D eigenvalue weighted by Gasteiger charge is -2.06. The Bertz CT molecular complexity index is 559. The van der Waals surface area contributed by atoms with Crippen LogP contribution in [0.5, 0.6) is 0 Å². The van der Waals surface area contributed by atoms with E-state index >= 15 is 0 Å². The van der Waals surface area contributed by atoms with Crippen molar-refractivity contribution in [2.24, 2.45) is 0 Å². The monoisotopic (exact) mass is 204 g/mol. The molecule has 5 heteroatoms. The summed E-state index contributed by atoms with van der Waals surface area (Å²) in [6.45, 7) is 3.95. The Morgan fingerprint density at radius 3 is 2.80 bits per heavy atom. The first-order chi connectivity index (χ1) is 7.09. The Morgan fingerprint density at radius 2 is 2.13 bits per heavy atom. The van der Waals surface area contributed by atoms with E-state index < -0.39 is 0 Å². The quantitative estimate of drug-likeness (QED) is 0.726. The van der Waals surface area contributed by atoms with Crippen molar-refractivity contribution in [3.63, 3.8) is 0 Å². The molecule has 15 heavy (non-hydrogen) atoms. The van der Waals surface area contributed by atoms with Crippen molar-refractivity contribution in [3.05, 3.63) is 28.3 Å². The third-order valence-corrected chi connectivity index (χ3v) is 2.17. The Labute approximate surface area is 86.4 Å². The zero-order chi connectivity index (χ0) is 11.0.